The number of hydrogen-bond donors (Lipinski definition) is 3. The van der Waals surface area contributed by atoms with Gasteiger partial charge in [0.2, 0.25) is 5.91 Å². The van der Waals surface area contributed by atoms with Crippen molar-refractivity contribution in [2.24, 2.45) is 10.9 Å². The molecule has 0 bridgehead atoms. The highest BCUT2D eigenvalue weighted by Gasteiger charge is 2.23. The minimum Gasteiger partial charge on any atom is -0.459 e. The number of rotatable bonds is 6. The second-order valence-corrected chi connectivity index (χ2v) is 7.34. The van der Waals surface area contributed by atoms with Gasteiger partial charge in [-0.2, -0.15) is 0 Å². The summed E-state index contributed by atoms with van der Waals surface area (Å²) in [5, 5.41) is 8.94. The lowest BCUT2D eigenvalue weighted by Gasteiger charge is -2.34. The van der Waals surface area contributed by atoms with E-state index in [9.17, 15) is 9.59 Å². The Balaban J connectivity index is 1.51. The predicted octanol–water partition coefficient (Wildman–Crippen LogP) is 2.46. The van der Waals surface area contributed by atoms with Crippen molar-refractivity contribution in [3.63, 3.8) is 0 Å². The number of furan rings is 1. The molecule has 160 valence electrons. The van der Waals surface area contributed by atoms with Crippen molar-refractivity contribution in [3.05, 3.63) is 54.0 Å². The van der Waals surface area contributed by atoms with Crippen LogP contribution in [0.4, 0.5) is 5.69 Å². The lowest BCUT2D eigenvalue weighted by Crippen LogP contribution is -2.45. The average molecular weight is 412 g/mol. The number of carbonyl (C=O) groups is 2. The Morgan fingerprint density at radius 3 is 2.67 bits per heavy atom. The van der Waals surface area contributed by atoms with Crippen molar-refractivity contribution < 1.29 is 14.0 Å². The third-order valence-corrected chi connectivity index (χ3v) is 5.26. The molecule has 0 aliphatic carbocycles. The molecule has 0 saturated carbocycles. The Hall–Kier alpha value is -3.29. The number of anilines is 1. The second kappa shape index (κ2) is 10.5. The quantitative estimate of drug-likeness (QED) is 0.501. The third kappa shape index (κ3) is 5.85. The smallest absolute Gasteiger partial charge is 0.291 e. The van der Waals surface area contributed by atoms with Crippen LogP contribution in [0.2, 0.25) is 0 Å². The van der Waals surface area contributed by atoms with Crippen LogP contribution in [0, 0.1) is 5.92 Å². The summed E-state index contributed by atoms with van der Waals surface area (Å²) in [6.07, 6.45) is 4.01. The molecule has 0 unspecified atom stereocenters. The van der Waals surface area contributed by atoms with Crippen LogP contribution in [0.3, 0.4) is 0 Å². The number of hydrogen-bond acceptors (Lipinski definition) is 4. The molecule has 8 nitrogen and oxygen atoms in total. The van der Waals surface area contributed by atoms with Crippen LogP contribution in [0.15, 0.2) is 52.1 Å². The van der Waals surface area contributed by atoms with E-state index in [0.717, 1.165) is 37.5 Å². The fourth-order valence-electron chi connectivity index (χ4n) is 3.59. The average Bonchev–Trinajstić information content (AvgIpc) is 3.30. The van der Waals surface area contributed by atoms with Gasteiger partial charge < -0.3 is 25.3 Å². The number of aliphatic imine (C=N–C) groups is 1. The molecule has 8 heteroatoms. The summed E-state index contributed by atoms with van der Waals surface area (Å²) < 4.78 is 5.13. The second-order valence-electron chi connectivity index (χ2n) is 7.34. The molecule has 1 aliphatic rings. The van der Waals surface area contributed by atoms with Crippen LogP contribution in [-0.4, -0.2) is 49.9 Å². The summed E-state index contributed by atoms with van der Waals surface area (Å²) in [4.78, 5) is 30.4. The first-order valence-corrected chi connectivity index (χ1v) is 10.2. The van der Waals surface area contributed by atoms with Crippen molar-refractivity contribution >= 4 is 23.5 Å². The molecule has 30 heavy (non-hydrogen) atoms. The molecule has 3 N–H and O–H groups in total. The van der Waals surface area contributed by atoms with E-state index < -0.39 is 0 Å². The summed E-state index contributed by atoms with van der Waals surface area (Å²) in [5.41, 5.74) is 1.74. The molecule has 1 aromatic carbocycles. The maximum Gasteiger partial charge on any atom is 0.291 e. The lowest BCUT2D eigenvalue weighted by molar-refractivity contribution is -0.121. The molecule has 0 atom stereocenters. The Morgan fingerprint density at radius 2 is 2.00 bits per heavy atom. The SMILES string of the molecule is CN=C(NCc1cccc(NC(=O)c2ccco2)c1)N1CCC(CC(=O)NC)CC1. The first kappa shape index (κ1) is 21.4. The standard InChI is InChI=1S/C22H29N5O3/c1-23-20(28)14-16-8-10-27(11-9-16)22(24-2)25-15-17-5-3-6-18(13-17)26-21(29)19-7-4-12-30-19/h3-7,12-13,16H,8-11,14-15H2,1-2H3,(H,23,28)(H,24,25)(H,26,29). The molecule has 0 radical (unpaired) electrons. The predicted molar refractivity (Wildman–Crippen MR) is 116 cm³/mol. The number of benzene rings is 1. The molecular weight excluding hydrogens is 382 g/mol. The summed E-state index contributed by atoms with van der Waals surface area (Å²) >= 11 is 0. The van der Waals surface area contributed by atoms with Crippen molar-refractivity contribution in [1.82, 2.24) is 15.5 Å². The maximum atomic E-state index is 12.1. The molecular formula is C22H29N5O3. The highest BCUT2D eigenvalue weighted by Crippen LogP contribution is 2.20. The zero-order valence-electron chi connectivity index (χ0n) is 17.5. The van der Waals surface area contributed by atoms with E-state index in [0.29, 0.717) is 24.6 Å². The van der Waals surface area contributed by atoms with Gasteiger partial charge in [0.25, 0.3) is 5.91 Å². The van der Waals surface area contributed by atoms with Gasteiger partial charge in [-0.1, -0.05) is 12.1 Å². The van der Waals surface area contributed by atoms with Gasteiger partial charge in [0.1, 0.15) is 0 Å². The van der Waals surface area contributed by atoms with Gasteiger partial charge in [0.05, 0.1) is 6.26 Å². The largest absolute Gasteiger partial charge is 0.459 e. The van der Waals surface area contributed by atoms with Crippen LogP contribution < -0.4 is 16.0 Å². The van der Waals surface area contributed by atoms with E-state index in [1.165, 1.54) is 6.26 Å². The Labute approximate surface area is 176 Å². The topological polar surface area (TPSA) is 99.0 Å². The van der Waals surface area contributed by atoms with Gasteiger partial charge in [0, 0.05) is 45.8 Å². The van der Waals surface area contributed by atoms with E-state index in [1.807, 2.05) is 24.3 Å². The number of nitrogens with one attached hydrogen (secondary N) is 3. The number of carbonyl (C=O) groups excluding carboxylic acids is 2. The molecule has 0 spiro atoms. The van der Waals surface area contributed by atoms with Crippen molar-refractivity contribution in [3.8, 4) is 0 Å². The van der Waals surface area contributed by atoms with Gasteiger partial charge in [-0.05, 0) is 48.6 Å². The van der Waals surface area contributed by atoms with E-state index in [2.05, 4.69) is 25.8 Å². The van der Waals surface area contributed by atoms with E-state index in [1.54, 1.807) is 26.2 Å². The summed E-state index contributed by atoms with van der Waals surface area (Å²) in [5.74, 6) is 1.38. The normalized spacial score (nSPS) is 15.0. The molecule has 2 heterocycles. The number of likely N-dealkylation sites (tertiary alicyclic amines) is 1. The number of nitrogens with zero attached hydrogens (tertiary/aromatic N) is 2. The first-order valence-electron chi connectivity index (χ1n) is 10.2. The molecule has 2 aromatic rings. The molecule has 1 aromatic heterocycles. The van der Waals surface area contributed by atoms with Crippen LogP contribution in [-0.2, 0) is 11.3 Å². The number of amides is 2. The molecule has 1 aliphatic heterocycles. The van der Waals surface area contributed by atoms with E-state index >= 15 is 0 Å². The van der Waals surface area contributed by atoms with Crippen molar-refractivity contribution in [2.75, 3.05) is 32.5 Å². The zero-order valence-corrected chi connectivity index (χ0v) is 17.5. The zero-order chi connectivity index (χ0) is 21.3. The Bertz CT molecular complexity index is 871. The van der Waals surface area contributed by atoms with E-state index in [-0.39, 0.29) is 17.6 Å². The summed E-state index contributed by atoms with van der Waals surface area (Å²) in [6, 6.07) is 11.0. The lowest BCUT2D eigenvalue weighted by atomic mass is 9.93. The maximum absolute atomic E-state index is 12.1. The third-order valence-electron chi connectivity index (χ3n) is 5.26. The Morgan fingerprint density at radius 1 is 1.20 bits per heavy atom. The highest BCUT2D eigenvalue weighted by atomic mass is 16.3. The van der Waals surface area contributed by atoms with Crippen LogP contribution >= 0.6 is 0 Å². The van der Waals surface area contributed by atoms with Crippen molar-refractivity contribution in [1.29, 1.82) is 0 Å². The molecule has 2 amide bonds. The summed E-state index contributed by atoms with van der Waals surface area (Å²) in [6.45, 7) is 2.34. The van der Waals surface area contributed by atoms with Gasteiger partial charge in [-0.15, -0.1) is 0 Å². The molecule has 3 rings (SSSR count). The minimum atomic E-state index is -0.277. The number of piperidine rings is 1. The van der Waals surface area contributed by atoms with Crippen molar-refractivity contribution in [2.45, 2.75) is 25.8 Å². The van der Waals surface area contributed by atoms with Crippen LogP contribution in [0.1, 0.15) is 35.4 Å². The monoisotopic (exact) mass is 411 g/mol. The van der Waals surface area contributed by atoms with Gasteiger partial charge in [0.15, 0.2) is 11.7 Å². The molecule has 1 fully saturated rings. The van der Waals surface area contributed by atoms with Gasteiger partial charge in [-0.3, -0.25) is 14.6 Å². The highest BCUT2D eigenvalue weighted by molar-refractivity contribution is 6.02. The fraction of sp³-hybridized carbons (Fsp3) is 0.409. The van der Waals surface area contributed by atoms with Crippen LogP contribution in [0.5, 0.6) is 0 Å². The fourth-order valence-corrected chi connectivity index (χ4v) is 3.59. The van der Waals surface area contributed by atoms with Crippen LogP contribution in [0.25, 0.3) is 0 Å². The van der Waals surface area contributed by atoms with Gasteiger partial charge in [-0.25, -0.2) is 0 Å². The minimum absolute atomic E-state index is 0.106. The van der Waals surface area contributed by atoms with E-state index in [4.69, 9.17) is 4.42 Å². The van der Waals surface area contributed by atoms with Gasteiger partial charge >= 0.3 is 0 Å². The molecule has 1 saturated heterocycles. The summed E-state index contributed by atoms with van der Waals surface area (Å²) in [7, 11) is 3.46. The Kier molecular flexibility index (Phi) is 7.48. The number of guanidine groups is 1. The first-order chi connectivity index (χ1) is 14.6.